The summed E-state index contributed by atoms with van der Waals surface area (Å²) >= 11 is 3.28. The molecule has 2 amide bonds. The number of thiophene rings is 1. The van der Waals surface area contributed by atoms with E-state index in [0.717, 1.165) is 37.4 Å². The molecule has 0 bridgehead atoms. The first-order valence-electron chi connectivity index (χ1n) is 10.8. The Morgan fingerprint density at radius 2 is 1.87 bits per heavy atom. The molecule has 1 saturated carbocycles. The second-order valence-electron chi connectivity index (χ2n) is 9.63. The van der Waals surface area contributed by atoms with Crippen molar-refractivity contribution in [2.75, 3.05) is 19.6 Å². The zero-order chi connectivity index (χ0) is 21.5. The third-order valence-electron chi connectivity index (χ3n) is 7.42. The minimum absolute atomic E-state index is 0.0853. The van der Waals surface area contributed by atoms with Crippen molar-refractivity contribution in [1.29, 1.82) is 0 Å². The molecule has 1 aliphatic heterocycles. The minimum atomic E-state index is -0.0973. The Hall–Kier alpha value is -1.73. The second-order valence-corrected chi connectivity index (χ2v) is 11.6. The topological polar surface area (TPSA) is 62.3 Å². The predicted molar refractivity (Wildman–Crippen MR) is 122 cm³/mol. The van der Waals surface area contributed by atoms with Gasteiger partial charge in [0.15, 0.2) is 0 Å². The van der Waals surface area contributed by atoms with Gasteiger partial charge in [0.25, 0.3) is 5.91 Å². The molecule has 1 N–H and O–H groups in total. The smallest absolute Gasteiger partial charge is 0.270 e. The first kappa shape index (κ1) is 21.5. The molecule has 2 aliphatic rings. The maximum atomic E-state index is 13.0. The third-order valence-corrected chi connectivity index (χ3v) is 9.36. The molecular formula is C23H31N3O2S2. The normalized spacial score (nSPS) is 20.9. The monoisotopic (exact) mass is 445 g/mol. The first-order valence-corrected chi connectivity index (χ1v) is 12.5. The lowest BCUT2D eigenvalue weighted by atomic mass is 9.96. The molecule has 1 aliphatic carbocycles. The summed E-state index contributed by atoms with van der Waals surface area (Å²) in [6, 6.07) is 4.11. The molecule has 0 spiro atoms. The molecule has 4 rings (SSSR count). The molecule has 0 aromatic carbocycles. The third kappa shape index (κ3) is 3.94. The van der Waals surface area contributed by atoms with Gasteiger partial charge in [-0.2, -0.15) is 0 Å². The molecule has 0 atom stereocenters. The van der Waals surface area contributed by atoms with E-state index >= 15 is 0 Å². The Morgan fingerprint density at radius 3 is 2.47 bits per heavy atom. The van der Waals surface area contributed by atoms with Crippen molar-refractivity contribution in [3.63, 3.8) is 0 Å². The summed E-state index contributed by atoms with van der Waals surface area (Å²) in [6.45, 7) is 11.0. The van der Waals surface area contributed by atoms with Crippen LogP contribution in [0.3, 0.4) is 0 Å². The van der Waals surface area contributed by atoms with Crippen molar-refractivity contribution in [2.45, 2.75) is 52.9 Å². The number of piperidine rings is 1. The number of nitrogens with one attached hydrogen (secondary N) is 1. The number of nitrogens with zero attached hydrogens (tertiary/aromatic N) is 2. The van der Waals surface area contributed by atoms with Crippen molar-refractivity contribution in [2.24, 2.45) is 16.7 Å². The predicted octanol–water partition coefficient (Wildman–Crippen LogP) is 4.57. The fourth-order valence-corrected chi connectivity index (χ4v) is 6.45. The van der Waals surface area contributed by atoms with Gasteiger partial charge in [-0.25, -0.2) is 4.98 Å². The molecule has 5 nitrogen and oxygen atoms in total. The van der Waals surface area contributed by atoms with Crippen LogP contribution in [0.4, 0.5) is 0 Å². The summed E-state index contributed by atoms with van der Waals surface area (Å²) in [5.74, 6) is 0.686. The van der Waals surface area contributed by atoms with E-state index in [1.807, 2.05) is 16.3 Å². The zero-order valence-electron chi connectivity index (χ0n) is 18.2. The summed E-state index contributed by atoms with van der Waals surface area (Å²) in [7, 11) is 0. The molecule has 0 radical (unpaired) electrons. The van der Waals surface area contributed by atoms with Crippen molar-refractivity contribution in [3.05, 3.63) is 38.5 Å². The lowest BCUT2D eigenvalue weighted by Crippen LogP contribution is -2.40. The van der Waals surface area contributed by atoms with Crippen LogP contribution in [0.25, 0.3) is 0 Å². The number of thiazole rings is 1. The Bertz CT molecular complexity index is 895. The van der Waals surface area contributed by atoms with Gasteiger partial charge in [0.05, 0.1) is 5.01 Å². The molecule has 2 aromatic rings. The lowest BCUT2D eigenvalue weighted by molar-refractivity contribution is -0.134. The highest BCUT2D eigenvalue weighted by molar-refractivity contribution is 7.10. The fourth-order valence-electron chi connectivity index (χ4n) is 4.77. The van der Waals surface area contributed by atoms with Crippen molar-refractivity contribution < 1.29 is 9.59 Å². The van der Waals surface area contributed by atoms with Gasteiger partial charge in [-0.15, -0.1) is 22.7 Å². The molecule has 2 aromatic heterocycles. The molecule has 162 valence electrons. The number of carbonyl (C=O) groups excluding carboxylic acids is 2. The summed E-state index contributed by atoms with van der Waals surface area (Å²) in [4.78, 5) is 33.3. The maximum absolute atomic E-state index is 13.0. The summed E-state index contributed by atoms with van der Waals surface area (Å²) in [5, 5.41) is 7.91. The van der Waals surface area contributed by atoms with Crippen molar-refractivity contribution in [1.82, 2.24) is 15.2 Å². The van der Waals surface area contributed by atoms with Crippen LogP contribution in [0.2, 0.25) is 0 Å². The fraction of sp³-hybridized carbons (Fsp3) is 0.609. The average molecular weight is 446 g/mol. The van der Waals surface area contributed by atoms with Gasteiger partial charge < -0.3 is 10.2 Å². The van der Waals surface area contributed by atoms with E-state index < -0.39 is 0 Å². The zero-order valence-corrected chi connectivity index (χ0v) is 19.9. The van der Waals surface area contributed by atoms with Crippen LogP contribution >= 0.6 is 22.7 Å². The maximum Gasteiger partial charge on any atom is 0.270 e. The van der Waals surface area contributed by atoms with Gasteiger partial charge in [-0.05, 0) is 41.5 Å². The second kappa shape index (κ2) is 8.08. The van der Waals surface area contributed by atoms with Crippen LogP contribution in [0.5, 0.6) is 0 Å². The highest BCUT2D eigenvalue weighted by Crippen LogP contribution is 2.68. The first-order chi connectivity index (χ1) is 14.2. The highest BCUT2D eigenvalue weighted by atomic mass is 32.1. The van der Waals surface area contributed by atoms with Gasteiger partial charge in [0, 0.05) is 41.7 Å². The van der Waals surface area contributed by atoms with Crippen molar-refractivity contribution >= 4 is 34.5 Å². The van der Waals surface area contributed by atoms with E-state index in [1.165, 1.54) is 4.88 Å². The summed E-state index contributed by atoms with van der Waals surface area (Å²) in [5.41, 5.74) is 0.686. The van der Waals surface area contributed by atoms with Gasteiger partial charge in [-0.1, -0.05) is 33.8 Å². The van der Waals surface area contributed by atoms with Crippen LogP contribution < -0.4 is 5.32 Å². The van der Waals surface area contributed by atoms with Crippen LogP contribution in [-0.4, -0.2) is 41.3 Å². The van der Waals surface area contributed by atoms with Crippen LogP contribution in [0, 0.1) is 16.7 Å². The SMILES string of the molecule is CC1(C)C(C(=O)N2CCC(c3nc(C(=O)NCCc4cccs4)cs3)CC2)C1(C)C. The Morgan fingerprint density at radius 1 is 1.17 bits per heavy atom. The Balaban J connectivity index is 1.27. The van der Waals surface area contributed by atoms with Gasteiger partial charge >= 0.3 is 0 Å². The van der Waals surface area contributed by atoms with Gasteiger partial charge in [0.2, 0.25) is 5.91 Å². The Kier molecular flexibility index (Phi) is 5.79. The number of hydrogen-bond acceptors (Lipinski definition) is 5. The highest BCUT2D eigenvalue weighted by Gasteiger charge is 2.68. The van der Waals surface area contributed by atoms with E-state index in [9.17, 15) is 9.59 Å². The number of aromatic nitrogens is 1. The van der Waals surface area contributed by atoms with Crippen molar-refractivity contribution in [3.8, 4) is 0 Å². The van der Waals surface area contributed by atoms with Crippen LogP contribution in [0.15, 0.2) is 22.9 Å². The molecule has 1 saturated heterocycles. The quantitative estimate of drug-likeness (QED) is 0.709. The lowest BCUT2D eigenvalue weighted by Gasteiger charge is -2.31. The minimum Gasteiger partial charge on any atom is -0.350 e. The molecule has 0 unspecified atom stereocenters. The number of rotatable bonds is 6. The van der Waals surface area contributed by atoms with E-state index in [1.54, 1.807) is 22.7 Å². The molecule has 2 fully saturated rings. The largest absolute Gasteiger partial charge is 0.350 e. The van der Waals surface area contributed by atoms with E-state index in [2.05, 4.69) is 49.4 Å². The summed E-state index contributed by atoms with van der Waals surface area (Å²) < 4.78 is 0. The number of carbonyl (C=O) groups is 2. The number of likely N-dealkylation sites (tertiary alicyclic amines) is 1. The van der Waals surface area contributed by atoms with E-state index in [0.29, 0.717) is 24.1 Å². The van der Waals surface area contributed by atoms with E-state index in [-0.39, 0.29) is 22.7 Å². The summed E-state index contributed by atoms with van der Waals surface area (Å²) in [6.07, 6.45) is 2.69. The number of hydrogen-bond donors (Lipinski definition) is 1. The Labute approximate surface area is 186 Å². The van der Waals surface area contributed by atoms with Gasteiger partial charge in [0.1, 0.15) is 5.69 Å². The number of amides is 2. The molecule has 3 heterocycles. The molecule has 7 heteroatoms. The van der Waals surface area contributed by atoms with Gasteiger partial charge in [-0.3, -0.25) is 9.59 Å². The van der Waals surface area contributed by atoms with E-state index in [4.69, 9.17) is 0 Å². The molecular weight excluding hydrogens is 414 g/mol. The molecule has 30 heavy (non-hydrogen) atoms. The van der Waals surface area contributed by atoms with Crippen LogP contribution in [-0.2, 0) is 11.2 Å². The standard InChI is InChI=1S/C23H31N3O2S2/c1-22(2)18(23(22,3)4)21(28)26-11-8-15(9-12-26)20-25-17(14-30-20)19(27)24-10-7-16-6-5-13-29-16/h5-6,13-15,18H,7-12H2,1-4H3,(H,24,27). The van der Waals surface area contributed by atoms with Crippen LogP contribution in [0.1, 0.15) is 66.8 Å². The average Bonchev–Trinajstić information content (AvgIpc) is 3.24.